The van der Waals surface area contributed by atoms with Crippen molar-refractivity contribution in [1.29, 1.82) is 0 Å². The van der Waals surface area contributed by atoms with Crippen LogP contribution in [0.1, 0.15) is 71.1 Å². The van der Waals surface area contributed by atoms with Crippen LogP contribution in [-0.2, 0) is 4.74 Å². The van der Waals surface area contributed by atoms with Crippen LogP contribution in [0.2, 0.25) is 0 Å². The molecule has 0 aliphatic heterocycles. The summed E-state index contributed by atoms with van der Waals surface area (Å²) in [5, 5.41) is 0. The molecule has 0 N–H and O–H groups in total. The minimum Gasteiger partial charge on any atom is -0.463 e. The van der Waals surface area contributed by atoms with Crippen molar-refractivity contribution >= 4 is 15.0 Å². The van der Waals surface area contributed by atoms with Crippen LogP contribution in [-0.4, -0.2) is 12.3 Å². The summed E-state index contributed by atoms with van der Waals surface area (Å²) in [4.78, 5) is 10.4. The molecule has 0 heterocycles. The largest absolute Gasteiger partial charge is 0.463 e. The maximum Gasteiger partial charge on any atom is 0.319 e. The van der Waals surface area contributed by atoms with Crippen molar-refractivity contribution < 1.29 is 9.53 Å². The minimum absolute atomic E-state index is 0.240. The van der Waals surface area contributed by atoms with Gasteiger partial charge >= 0.3 is 5.71 Å². The zero-order chi connectivity index (χ0) is 12.1. The molecule has 96 valence electrons. The standard InChI is InChI=1S/C13H27O2P/c1-2-3-4-5-6-7-8-9-10-11-12-15-13(14)16/h2-12,16H2,1H3. The summed E-state index contributed by atoms with van der Waals surface area (Å²) >= 11 is 0. The third kappa shape index (κ3) is 13.9. The predicted molar refractivity (Wildman–Crippen MR) is 72.9 cm³/mol. The van der Waals surface area contributed by atoms with E-state index in [1.807, 2.05) is 9.24 Å². The van der Waals surface area contributed by atoms with Crippen molar-refractivity contribution in [2.24, 2.45) is 0 Å². The van der Waals surface area contributed by atoms with E-state index in [1.54, 1.807) is 0 Å². The smallest absolute Gasteiger partial charge is 0.319 e. The first-order valence-corrected chi connectivity index (χ1v) is 7.27. The highest BCUT2D eigenvalue weighted by molar-refractivity contribution is 7.39. The fraction of sp³-hybridized carbons (Fsp3) is 0.923. The van der Waals surface area contributed by atoms with Gasteiger partial charge in [-0.25, -0.2) is 4.79 Å². The lowest BCUT2D eigenvalue weighted by molar-refractivity contribution is 0.172. The molecule has 0 aliphatic carbocycles. The first-order valence-electron chi connectivity index (χ1n) is 6.69. The molecule has 1 atom stereocenters. The van der Waals surface area contributed by atoms with E-state index >= 15 is 0 Å². The van der Waals surface area contributed by atoms with E-state index in [0.29, 0.717) is 6.61 Å². The molecule has 0 saturated heterocycles. The Morgan fingerprint density at radius 1 is 0.875 bits per heavy atom. The number of unbranched alkanes of at least 4 members (excludes halogenated alkanes) is 9. The van der Waals surface area contributed by atoms with Crippen LogP contribution in [0.25, 0.3) is 0 Å². The van der Waals surface area contributed by atoms with E-state index in [1.165, 1.54) is 57.8 Å². The summed E-state index contributed by atoms with van der Waals surface area (Å²) in [5.41, 5.74) is -0.240. The molecule has 0 bridgehead atoms. The highest BCUT2D eigenvalue weighted by Gasteiger charge is 1.94. The Kier molecular flexibility index (Phi) is 12.9. The van der Waals surface area contributed by atoms with Crippen molar-refractivity contribution in [2.45, 2.75) is 71.1 Å². The van der Waals surface area contributed by atoms with Gasteiger partial charge in [-0.3, -0.25) is 0 Å². The van der Waals surface area contributed by atoms with E-state index in [4.69, 9.17) is 4.74 Å². The molecule has 0 aromatic carbocycles. The zero-order valence-electron chi connectivity index (χ0n) is 10.7. The van der Waals surface area contributed by atoms with Crippen LogP contribution < -0.4 is 0 Å². The number of ether oxygens (including phenoxy) is 1. The summed E-state index contributed by atoms with van der Waals surface area (Å²) in [7, 11) is 2.03. The number of carbonyl (C=O) groups is 1. The van der Waals surface area contributed by atoms with Crippen molar-refractivity contribution in [1.82, 2.24) is 0 Å². The topological polar surface area (TPSA) is 26.3 Å². The molecule has 3 heteroatoms. The van der Waals surface area contributed by atoms with Gasteiger partial charge in [0.05, 0.1) is 6.61 Å². The maximum absolute atomic E-state index is 10.4. The number of hydrogen-bond donors (Lipinski definition) is 0. The van der Waals surface area contributed by atoms with E-state index in [2.05, 4.69) is 6.92 Å². The van der Waals surface area contributed by atoms with Crippen molar-refractivity contribution in [3.05, 3.63) is 0 Å². The fourth-order valence-electron chi connectivity index (χ4n) is 1.76. The average Bonchev–Trinajstić information content (AvgIpc) is 2.25. The van der Waals surface area contributed by atoms with Crippen LogP contribution in [0.4, 0.5) is 4.79 Å². The Balaban J connectivity index is 2.90. The summed E-state index contributed by atoms with van der Waals surface area (Å²) in [6.45, 7) is 2.83. The lowest BCUT2D eigenvalue weighted by atomic mass is 10.1. The average molecular weight is 246 g/mol. The van der Waals surface area contributed by atoms with Crippen molar-refractivity contribution in [3.8, 4) is 0 Å². The summed E-state index contributed by atoms with van der Waals surface area (Å²) in [5.74, 6) is 0. The molecule has 1 unspecified atom stereocenters. The zero-order valence-corrected chi connectivity index (χ0v) is 11.8. The second-order valence-electron chi connectivity index (χ2n) is 4.35. The molecular weight excluding hydrogens is 219 g/mol. The molecule has 0 spiro atoms. The van der Waals surface area contributed by atoms with Gasteiger partial charge in [0, 0.05) is 0 Å². The second kappa shape index (κ2) is 13.0. The van der Waals surface area contributed by atoms with Gasteiger partial charge in [-0.05, 0) is 15.7 Å². The van der Waals surface area contributed by atoms with Crippen LogP contribution in [0.5, 0.6) is 0 Å². The highest BCUT2D eigenvalue weighted by Crippen LogP contribution is 2.10. The van der Waals surface area contributed by atoms with E-state index < -0.39 is 0 Å². The Morgan fingerprint density at radius 3 is 1.75 bits per heavy atom. The van der Waals surface area contributed by atoms with Crippen molar-refractivity contribution in [2.75, 3.05) is 6.61 Å². The van der Waals surface area contributed by atoms with Gasteiger partial charge in [0.1, 0.15) is 0 Å². The maximum atomic E-state index is 10.4. The van der Waals surface area contributed by atoms with E-state index in [0.717, 1.165) is 6.42 Å². The fourth-order valence-corrected chi connectivity index (χ4v) is 1.88. The van der Waals surface area contributed by atoms with E-state index in [9.17, 15) is 4.79 Å². The second-order valence-corrected chi connectivity index (χ2v) is 4.82. The molecule has 0 aliphatic rings. The Morgan fingerprint density at radius 2 is 1.31 bits per heavy atom. The normalized spacial score (nSPS) is 10.4. The summed E-state index contributed by atoms with van der Waals surface area (Å²) in [6, 6.07) is 0. The molecule has 0 fully saturated rings. The highest BCUT2D eigenvalue weighted by atomic mass is 31.0. The molecule has 0 radical (unpaired) electrons. The van der Waals surface area contributed by atoms with E-state index in [-0.39, 0.29) is 5.71 Å². The van der Waals surface area contributed by atoms with Crippen LogP contribution in [0.3, 0.4) is 0 Å². The Hall–Kier alpha value is -0.100. The number of rotatable bonds is 11. The molecular formula is C13H27O2P. The summed E-state index contributed by atoms with van der Waals surface area (Å²) < 4.78 is 4.84. The molecule has 0 saturated carbocycles. The quantitative estimate of drug-likeness (QED) is 0.382. The van der Waals surface area contributed by atoms with Gasteiger partial charge < -0.3 is 4.74 Å². The lowest BCUT2D eigenvalue weighted by Crippen LogP contribution is -1.95. The molecule has 16 heavy (non-hydrogen) atoms. The molecule has 0 rings (SSSR count). The third-order valence-electron chi connectivity index (χ3n) is 2.74. The minimum atomic E-state index is -0.240. The number of carbonyl (C=O) groups excluding carboxylic acids is 1. The summed E-state index contributed by atoms with van der Waals surface area (Å²) in [6.07, 6.45) is 13.1. The molecule has 0 amide bonds. The Labute approximate surface area is 103 Å². The van der Waals surface area contributed by atoms with Crippen molar-refractivity contribution in [3.63, 3.8) is 0 Å². The van der Waals surface area contributed by atoms with Crippen LogP contribution in [0.15, 0.2) is 0 Å². The molecule has 0 aromatic rings. The predicted octanol–water partition coefficient (Wildman–Crippen LogP) is 4.92. The Bertz CT molecular complexity index is 160. The van der Waals surface area contributed by atoms with Gasteiger partial charge in [-0.15, -0.1) is 0 Å². The van der Waals surface area contributed by atoms with Gasteiger partial charge in [0.2, 0.25) is 0 Å². The molecule has 0 aromatic heterocycles. The van der Waals surface area contributed by atoms with Crippen LogP contribution >= 0.6 is 9.24 Å². The number of hydrogen-bond acceptors (Lipinski definition) is 2. The van der Waals surface area contributed by atoms with Gasteiger partial charge in [0.15, 0.2) is 0 Å². The monoisotopic (exact) mass is 246 g/mol. The third-order valence-corrected chi connectivity index (χ3v) is 2.91. The lowest BCUT2D eigenvalue weighted by Gasteiger charge is -2.02. The van der Waals surface area contributed by atoms with Gasteiger partial charge in [-0.1, -0.05) is 64.7 Å². The molecule has 2 nitrogen and oxygen atoms in total. The van der Waals surface area contributed by atoms with Gasteiger partial charge in [-0.2, -0.15) is 0 Å². The van der Waals surface area contributed by atoms with Gasteiger partial charge in [0.25, 0.3) is 0 Å². The first-order chi connectivity index (χ1) is 7.77. The SMILES string of the molecule is CCCCCCCCCCCCOC(=O)P. The van der Waals surface area contributed by atoms with Crippen LogP contribution in [0, 0.1) is 0 Å². The first kappa shape index (κ1) is 15.9.